The highest BCUT2D eigenvalue weighted by atomic mass is 79.9. The first kappa shape index (κ1) is 11.5. The van der Waals surface area contributed by atoms with E-state index in [4.69, 9.17) is 5.73 Å². The van der Waals surface area contributed by atoms with Crippen molar-refractivity contribution < 1.29 is 0 Å². The van der Waals surface area contributed by atoms with Gasteiger partial charge in [-0.3, -0.25) is 0 Å². The molecule has 0 aromatic carbocycles. The number of nitrogens with two attached hydrogens (primary N) is 1. The summed E-state index contributed by atoms with van der Waals surface area (Å²) in [6.07, 6.45) is 2.59. The summed E-state index contributed by atoms with van der Waals surface area (Å²) < 4.78 is 3.05. The Kier molecular flexibility index (Phi) is 3.25. The zero-order valence-electron chi connectivity index (χ0n) is 9.44. The molecule has 4 nitrogen and oxygen atoms in total. The van der Waals surface area contributed by atoms with Crippen LogP contribution >= 0.6 is 15.9 Å². The van der Waals surface area contributed by atoms with Crippen molar-refractivity contribution in [2.45, 2.75) is 26.3 Å². The minimum absolute atomic E-state index is 0.376. The number of halogens is 1. The van der Waals surface area contributed by atoms with Crippen LogP contribution in [-0.2, 0) is 6.42 Å². The van der Waals surface area contributed by atoms with E-state index in [1.807, 2.05) is 6.07 Å². The summed E-state index contributed by atoms with van der Waals surface area (Å²) in [5.74, 6) is 1.03. The number of rotatable bonds is 3. The van der Waals surface area contributed by atoms with Crippen molar-refractivity contribution in [2.75, 3.05) is 6.54 Å². The molecule has 0 atom stereocenters. The van der Waals surface area contributed by atoms with Gasteiger partial charge < -0.3 is 10.3 Å². The van der Waals surface area contributed by atoms with Crippen molar-refractivity contribution in [1.29, 1.82) is 0 Å². The molecular formula is C11H15BrN4. The van der Waals surface area contributed by atoms with E-state index in [2.05, 4.69) is 44.3 Å². The molecule has 0 saturated heterocycles. The van der Waals surface area contributed by atoms with E-state index < -0.39 is 0 Å². The predicted octanol–water partition coefficient (Wildman–Crippen LogP) is 2.28. The first-order valence-corrected chi connectivity index (χ1v) is 6.15. The van der Waals surface area contributed by atoms with Crippen LogP contribution in [0.4, 0.5) is 0 Å². The van der Waals surface area contributed by atoms with Crippen LogP contribution in [0.25, 0.3) is 11.0 Å². The summed E-state index contributed by atoms with van der Waals surface area (Å²) in [5, 5.41) is 0. The molecule has 0 aliphatic rings. The standard InChI is InChI=1S/C11H15BrN4/c1-7(2)16-9-5-10(12)14-6-8(9)15-11(16)3-4-13/h5-7H,3-4,13H2,1-2H3. The number of hydrogen-bond acceptors (Lipinski definition) is 3. The molecule has 0 aliphatic heterocycles. The molecule has 2 aromatic heterocycles. The van der Waals surface area contributed by atoms with Gasteiger partial charge in [0.2, 0.25) is 0 Å². The fourth-order valence-corrected chi connectivity index (χ4v) is 2.22. The number of aromatic nitrogens is 3. The lowest BCUT2D eigenvalue weighted by molar-refractivity contribution is 0.583. The second-order valence-electron chi connectivity index (χ2n) is 4.03. The van der Waals surface area contributed by atoms with E-state index in [9.17, 15) is 0 Å². The molecule has 2 N–H and O–H groups in total. The van der Waals surface area contributed by atoms with E-state index in [1.165, 1.54) is 0 Å². The minimum Gasteiger partial charge on any atom is -0.330 e. The van der Waals surface area contributed by atoms with E-state index in [0.717, 1.165) is 27.9 Å². The highest BCUT2D eigenvalue weighted by Gasteiger charge is 2.13. The summed E-state index contributed by atoms with van der Waals surface area (Å²) in [7, 11) is 0. The van der Waals surface area contributed by atoms with E-state index in [1.54, 1.807) is 6.20 Å². The summed E-state index contributed by atoms with van der Waals surface area (Å²) in [5.41, 5.74) is 7.65. The Morgan fingerprint density at radius 3 is 2.88 bits per heavy atom. The van der Waals surface area contributed by atoms with Crippen LogP contribution in [0.3, 0.4) is 0 Å². The van der Waals surface area contributed by atoms with Crippen LogP contribution in [0.1, 0.15) is 25.7 Å². The number of fused-ring (bicyclic) bond motifs is 1. The Labute approximate surface area is 103 Å². The molecule has 2 aromatic rings. The van der Waals surface area contributed by atoms with Crippen molar-refractivity contribution in [1.82, 2.24) is 14.5 Å². The van der Waals surface area contributed by atoms with Crippen LogP contribution in [-0.4, -0.2) is 21.1 Å². The SMILES string of the molecule is CC(C)n1c(CCN)nc2cnc(Br)cc21. The Bertz CT molecular complexity index is 504. The normalized spacial score (nSPS) is 11.6. The van der Waals surface area contributed by atoms with Gasteiger partial charge in [-0.2, -0.15) is 0 Å². The Morgan fingerprint density at radius 1 is 1.50 bits per heavy atom. The molecule has 0 saturated carbocycles. The van der Waals surface area contributed by atoms with Crippen molar-refractivity contribution >= 4 is 27.0 Å². The number of nitrogens with zero attached hydrogens (tertiary/aromatic N) is 3. The van der Waals surface area contributed by atoms with Crippen molar-refractivity contribution in [3.63, 3.8) is 0 Å². The second-order valence-corrected chi connectivity index (χ2v) is 4.84. The lowest BCUT2D eigenvalue weighted by Gasteiger charge is -2.12. The fourth-order valence-electron chi connectivity index (χ4n) is 1.91. The molecule has 16 heavy (non-hydrogen) atoms. The third-order valence-electron chi connectivity index (χ3n) is 2.50. The quantitative estimate of drug-likeness (QED) is 0.879. The molecule has 86 valence electrons. The van der Waals surface area contributed by atoms with Gasteiger partial charge in [0.25, 0.3) is 0 Å². The van der Waals surface area contributed by atoms with Gasteiger partial charge in [0.1, 0.15) is 15.9 Å². The maximum absolute atomic E-state index is 5.60. The molecule has 0 spiro atoms. The lowest BCUT2D eigenvalue weighted by Crippen LogP contribution is -2.11. The molecule has 0 unspecified atom stereocenters. The number of imidazole rings is 1. The highest BCUT2D eigenvalue weighted by molar-refractivity contribution is 9.10. The van der Waals surface area contributed by atoms with Gasteiger partial charge in [-0.05, 0) is 42.4 Å². The zero-order chi connectivity index (χ0) is 11.7. The molecule has 0 amide bonds. The average molecular weight is 283 g/mol. The molecule has 5 heteroatoms. The summed E-state index contributed by atoms with van der Waals surface area (Å²) in [6, 6.07) is 2.38. The molecule has 2 rings (SSSR count). The van der Waals surface area contributed by atoms with Crippen LogP contribution in [0.2, 0.25) is 0 Å². The lowest BCUT2D eigenvalue weighted by atomic mass is 10.3. The Balaban J connectivity index is 2.67. The van der Waals surface area contributed by atoms with Crippen LogP contribution in [0.15, 0.2) is 16.9 Å². The molecule has 0 bridgehead atoms. The number of pyridine rings is 1. The van der Waals surface area contributed by atoms with E-state index in [0.29, 0.717) is 12.6 Å². The van der Waals surface area contributed by atoms with Gasteiger partial charge in [-0.15, -0.1) is 0 Å². The van der Waals surface area contributed by atoms with Gasteiger partial charge in [0.05, 0.1) is 11.7 Å². The smallest absolute Gasteiger partial charge is 0.111 e. The van der Waals surface area contributed by atoms with E-state index >= 15 is 0 Å². The highest BCUT2D eigenvalue weighted by Crippen LogP contribution is 2.22. The Morgan fingerprint density at radius 2 is 2.25 bits per heavy atom. The van der Waals surface area contributed by atoms with Gasteiger partial charge in [-0.25, -0.2) is 9.97 Å². The van der Waals surface area contributed by atoms with Crippen LogP contribution in [0, 0.1) is 0 Å². The molecular weight excluding hydrogens is 268 g/mol. The monoisotopic (exact) mass is 282 g/mol. The second kappa shape index (κ2) is 4.51. The molecule has 0 fully saturated rings. The average Bonchev–Trinajstić information content (AvgIpc) is 2.55. The maximum Gasteiger partial charge on any atom is 0.111 e. The zero-order valence-corrected chi connectivity index (χ0v) is 11.0. The van der Waals surface area contributed by atoms with Crippen LogP contribution < -0.4 is 5.73 Å². The van der Waals surface area contributed by atoms with Crippen LogP contribution in [0.5, 0.6) is 0 Å². The van der Waals surface area contributed by atoms with Gasteiger partial charge >= 0.3 is 0 Å². The Hall–Kier alpha value is -0.940. The number of hydrogen-bond donors (Lipinski definition) is 1. The minimum atomic E-state index is 0.376. The van der Waals surface area contributed by atoms with Gasteiger partial charge in [-0.1, -0.05) is 0 Å². The molecule has 2 heterocycles. The molecule has 0 aliphatic carbocycles. The van der Waals surface area contributed by atoms with Crippen molar-refractivity contribution in [2.24, 2.45) is 5.73 Å². The topological polar surface area (TPSA) is 56.7 Å². The van der Waals surface area contributed by atoms with E-state index in [-0.39, 0.29) is 0 Å². The van der Waals surface area contributed by atoms with Gasteiger partial charge in [0.15, 0.2) is 0 Å². The third-order valence-corrected chi connectivity index (χ3v) is 2.93. The van der Waals surface area contributed by atoms with Crippen molar-refractivity contribution in [3.8, 4) is 0 Å². The predicted molar refractivity (Wildman–Crippen MR) is 68.4 cm³/mol. The summed E-state index contributed by atoms with van der Waals surface area (Å²) >= 11 is 3.39. The largest absolute Gasteiger partial charge is 0.330 e. The summed E-state index contributed by atoms with van der Waals surface area (Å²) in [4.78, 5) is 8.76. The summed E-state index contributed by atoms with van der Waals surface area (Å²) in [6.45, 7) is 4.91. The van der Waals surface area contributed by atoms with Gasteiger partial charge in [0, 0.05) is 12.5 Å². The third kappa shape index (κ3) is 1.97. The fraction of sp³-hybridized carbons (Fsp3) is 0.455. The first-order valence-electron chi connectivity index (χ1n) is 5.36. The first-order chi connectivity index (χ1) is 7.63. The molecule has 0 radical (unpaired) electrons. The van der Waals surface area contributed by atoms with Crippen molar-refractivity contribution in [3.05, 3.63) is 22.7 Å². The maximum atomic E-state index is 5.60.